The van der Waals surface area contributed by atoms with Crippen LogP contribution in [0.25, 0.3) is 0 Å². The minimum atomic E-state index is -1.93. The van der Waals surface area contributed by atoms with E-state index < -0.39 is 102 Å². The molecule has 2 heterocycles. The largest absolute Gasteiger partial charge is 0.459 e. The van der Waals surface area contributed by atoms with Gasteiger partial charge in [-0.1, -0.05) is 54.4 Å². The number of aliphatic hydroxyl groups is 6. The molecule has 320 valence electrons. The van der Waals surface area contributed by atoms with Crippen molar-refractivity contribution >= 4 is 5.97 Å². The first kappa shape index (κ1) is 49.1. The molecule has 0 aromatic heterocycles. The summed E-state index contributed by atoms with van der Waals surface area (Å²) in [5.41, 5.74) is -3.67. The maximum absolute atomic E-state index is 14.2. The molecule has 2 saturated heterocycles. The van der Waals surface area contributed by atoms with E-state index in [1.54, 1.807) is 48.5 Å². The van der Waals surface area contributed by atoms with E-state index in [2.05, 4.69) is 11.8 Å². The van der Waals surface area contributed by atoms with Gasteiger partial charge in [0.15, 0.2) is 18.9 Å². The molecule has 6 N–H and O–H groups in total. The van der Waals surface area contributed by atoms with E-state index in [0.29, 0.717) is 19.3 Å². The van der Waals surface area contributed by atoms with Gasteiger partial charge in [-0.3, -0.25) is 4.79 Å². The van der Waals surface area contributed by atoms with Crippen LogP contribution in [0.4, 0.5) is 0 Å². The number of unbranched alkanes of at least 4 members (excludes halogenated alkanes) is 1. The molecule has 0 aromatic carbocycles. The number of esters is 1. The van der Waals surface area contributed by atoms with Crippen molar-refractivity contribution in [1.82, 2.24) is 4.90 Å². The first-order chi connectivity index (χ1) is 25.1. The van der Waals surface area contributed by atoms with Gasteiger partial charge in [0.1, 0.15) is 23.9 Å². The van der Waals surface area contributed by atoms with Crippen LogP contribution in [0.5, 0.6) is 0 Å². The molecule has 2 fully saturated rings. The second-order valence-electron chi connectivity index (χ2n) is 16.8. The van der Waals surface area contributed by atoms with Crippen molar-refractivity contribution in [2.45, 2.75) is 206 Å². The van der Waals surface area contributed by atoms with Crippen molar-refractivity contribution in [2.75, 3.05) is 20.7 Å². The van der Waals surface area contributed by atoms with Gasteiger partial charge < -0.3 is 64.0 Å². The van der Waals surface area contributed by atoms with Crippen molar-refractivity contribution in [3.8, 4) is 0 Å². The molecule has 0 amide bonds. The van der Waals surface area contributed by atoms with Crippen LogP contribution in [-0.2, 0) is 33.2 Å². The Morgan fingerprint density at radius 1 is 0.981 bits per heavy atom. The number of carbonyl (C=O) groups is 1. The number of methoxy groups -OCH3 is 1. The Kier molecular flexibility index (Phi) is 19.7. The summed E-state index contributed by atoms with van der Waals surface area (Å²) in [5.74, 6) is -4.09. The number of rotatable bonds is 15. The highest BCUT2D eigenvalue weighted by Gasteiger charge is 2.52. The Morgan fingerprint density at radius 3 is 2.17 bits per heavy atom. The van der Waals surface area contributed by atoms with Crippen LogP contribution in [-0.4, -0.2) is 147 Å². The number of ether oxygens (including phenoxy) is 6. The van der Waals surface area contributed by atoms with Gasteiger partial charge in [0.05, 0.1) is 42.0 Å². The number of aliphatic hydroxyl groups excluding tert-OH is 4. The Labute approximate surface area is 324 Å². The summed E-state index contributed by atoms with van der Waals surface area (Å²) in [5, 5.41) is 69.3. The van der Waals surface area contributed by atoms with Gasteiger partial charge in [-0.15, -0.1) is 0 Å². The zero-order chi connectivity index (χ0) is 41.3. The van der Waals surface area contributed by atoms with E-state index in [1.165, 1.54) is 14.0 Å². The fourth-order valence-electron chi connectivity index (χ4n) is 8.39. The molecule has 0 unspecified atom stereocenters. The number of nitrogens with zero attached hydrogens (tertiary/aromatic N) is 1. The van der Waals surface area contributed by atoms with Gasteiger partial charge in [0.25, 0.3) is 0 Å². The molecule has 0 spiro atoms. The Hall–Kier alpha value is -1.01. The van der Waals surface area contributed by atoms with E-state index in [-0.39, 0.29) is 25.0 Å². The SMILES string of the molecule is CCCCN(C)[C@H]1C[C@@H](C)O[C@@H](O[C@@H]2[C@@H](C)[C@H](O[C@@H](CCC)O[C@@H](C)[C@H](O)OC)[C@@H](C)C(=O)O[C@H](CC)[C@@](C)(O)[C@H](O)[C@@H](C)[C@@H](O)[C@H](C)C[C@@]2(C)O)[C@@H]1O. The molecule has 14 heteroatoms. The standard InChI is InChI=1S/C40H77NO13/c1-14-17-19-41(12)28-20-23(5)50-38(32(28)43)54-35-25(7)33(53-30(18-15-2)51-27(9)37(46)49-13)26(8)36(45)52-29(16-3)40(11,48)34(44)24(6)31(42)22(4)21-39(35,10)47/h22-35,37-38,42-44,46-48H,14-21H2,1-13H3/t22-,23-,24+,25+,26-,27+,28+,29-,30+,31+,32-,33+,34-,35-,37-,38+,39-,40-/m1/s1. The maximum Gasteiger partial charge on any atom is 0.311 e. The predicted molar refractivity (Wildman–Crippen MR) is 203 cm³/mol. The van der Waals surface area contributed by atoms with Gasteiger partial charge in [-0.2, -0.15) is 0 Å². The van der Waals surface area contributed by atoms with Crippen LogP contribution in [0.2, 0.25) is 0 Å². The Morgan fingerprint density at radius 2 is 1.61 bits per heavy atom. The maximum atomic E-state index is 14.2. The zero-order valence-corrected chi connectivity index (χ0v) is 35.4. The van der Waals surface area contributed by atoms with E-state index in [9.17, 15) is 35.4 Å². The summed E-state index contributed by atoms with van der Waals surface area (Å²) in [4.78, 5) is 16.3. The Bertz CT molecular complexity index is 1100. The van der Waals surface area contributed by atoms with Crippen LogP contribution in [0.3, 0.4) is 0 Å². The highest BCUT2D eigenvalue weighted by atomic mass is 16.7. The lowest BCUT2D eigenvalue weighted by atomic mass is 9.73. The third-order valence-electron chi connectivity index (χ3n) is 11.9. The van der Waals surface area contributed by atoms with E-state index in [4.69, 9.17) is 28.4 Å². The molecule has 2 aliphatic rings. The summed E-state index contributed by atoms with van der Waals surface area (Å²) < 4.78 is 36.8. The highest BCUT2D eigenvalue weighted by Crippen LogP contribution is 2.40. The van der Waals surface area contributed by atoms with Crippen LogP contribution in [0.15, 0.2) is 0 Å². The van der Waals surface area contributed by atoms with Crippen molar-refractivity contribution in [2.24, 2.45) is 23.7 Å². The quantitative estimate of drug-likeness (QED) is 0.105. The van der Waals surface area contributed by atoms with Crippen LogP contribution < -0.4 is 0 Å². The summed E-state index contributed by atoms with van der Waals surface area (Å²) in [6.07, 6.45) is -7.95. The summed E-state index contributed by atoms with van der Waals surface area (Å²) in [6.45, 7) is 19.8. The Balaban J connectivity index is 2.77. The topological polar surface area (TPSA) is 197 Å². The average molecular weight is 780 g/mol. The number of likely N-dealkylation sites (N-methyl/N-ethyl adjacent to an activating group) is 1. The van der Waals surface area contributed by atoms with Gasteiger partial charge in [0.2, 0.25) is 0 Å². The number of carbonyl (C=O) groups excluding carboxylic acids is 1. The monoisotopic (exact) mass is 780 g/mol. The minimum absolute atomic E-state index is 0.0325. The second kappa shape index (κ2) is 21.7. The lowest BCUT2D eigenvalue weighted by molar-refractivity contribution is -0.309. The second-order valence-corrected chi connectivity index (χ2v) is 16.8. The van der Waals surface area contributed by atoms with E-state index in [0.717, 1.165) is 19.4 Å². The smallest absolute Gasteiger partial charge is 0.311 e. The van der Waals surface area contributed by atoms with Crippen molar-refractivity contribution in [3.63, 3.8) is 0 Å². The average Bonchev–Trinajstić information content (AvgIpc) is 3.12. The predicted octanol–water partition coefficient (Wildman–Crippen LogP) is 3.34. The summed E-state index contributed by atoms with van der Waals surface area (Å²) in [7, 11) is 3.32. The van der Waals surface area contributed by atoms with Crippen LogP contribution >= 0.6 is 0 Å². The van der Waals surface area contributed by atoms with E-state index >= 15 is 0 Å². The molecule has 54 heavy (non-hydrogen) atoms. The lowest BCUT2D eigenvalue weighted by Crippen LogP contribution is -2.61. The molecule has 2 aliphatic heterocycles. The first-order valence-corrected chi connectivity index (χ1v) is 20.3. The fraction of sp³-hybridized carbons (Fsp3) is 0.975. The lowest BCUT2D eigenvalue weighted by Gasteiger charge is -2.48. The van der Waals surface area contributed by atoms with Gasteiger partial charge in [-0.25, -0.2) is 0 Å². The zero-order valence-electron chi connectivity index (χ0n) is 35.4. The molecule has 2 rings (SSSR count). The summed E-state index contributed by atoms with van der Waals surface area (Å²) >= 11 is 0. The van der Waals surface area contributed by atoms with Crippen LogP contribution in [0, 0.1) is 23.7 Å². The molecule has 0 aromatic rings. The molecule has 0 aliphatic carbocycles. The molecular formula is C40H77NO13. The first-order valence-electron chi connectivity index (χ1n) is 20.3. The molecule has 18 atom stereocenters. The normalized spacial score (nSPS) is 42.2. The minimum Gasteiger partial charge on any atom is -0.459 e. The van der Waals surface area contributed by atoms with Gasteiger partial charge in [0, 0.05) is 25.0 Å². The number of hydrogen-bond acceptors (Lipinski definition) is 14. The molecule has 0 saturated carbocycles. The van der Waals surface area contributed by atoms with Crippen LogP contribution in [0.1, 0.15) is 121 Å². The molecular weight excluding hydrogens is 702 g/mol. The molecule has 14 nitrogen and oxygen atoms in total. The van der Waals surface area contributed by atoms with Gasteiger partial charge in [-0.05, 0) is 86.2 Å². The fourth-order valence-corrected chi connectivity index (χ4v) is 8.39. The number of hydrogen-bond donors (Lipinski definition) is 6. The van der Waals surface area contributed by atoms with Crippen molar-refractivity contribution in [3.05, 3.63) is 0 Å². The number of cyclic esters (lactones) is 1. The third kappa shape index (κ3) is 12.5. The van der Waals surface area contributed by atoms with E-state index in [1.807, 2.05) is 20.9 Å². The molecule has 0 radical (unpaired) electrons. The van der Waals surface area contributed by atoms with Crippen molar-refractivity contribution < 1.29 is 63.9 Å². The van der Waals surface area contributed by atoms with Gasteiger partial charge >= 0.3 is 5.97 Å². The molecule has 0 bridgehead atoms. The summed E-state index contributed by atoms with van der Waals surface area (Å²) in [6, 6.07) is -0.289. The van der Waals surface area contributed by atoms with Crippen molar-refractivity contribution in [1.29, 1.82) is 0 Å². The third-order valence-corrected chi connectivity index (χ3v) is 11.9. The highest BCUT2D eigenvalue weighted by molar-refractivity contribution is 5.73.